The molecule has 0 fully saturated rings. The predicted molar refractivity (Wildman–Crippen MR) is 135 cm³/mol. The molecule has 190 valence electrons. The summed E-state index contributed by atoms with van der Waals surface area (Å²) in [4.78, 5) is 38.6. The van der Waals surface area contributed by atoms with Crippen LogP contribution < -0.4 is 4.74 Å². The Bertz CT molecular complexity index is 1590. The highest BCUT2D eigenvalue weighted by atomic mass is 35.5. The van der Waals surface area contributed by atoms with Crippen molar-refractivity contribution in [3.63, 3.8) is 0 Å². The zero-order valence-corrected chi connectivity index (χ0v) is 22.2. The number of rotatable bonds is 5. The predicted octanol–water partition coefficient (Wildman–Crippen LogP) is 3.47. The molecule has 2 amide bonds. The molecular formula is C23H19ClFN7O3S2. The van der Waals surface area contributed by atoms with Crippen LogP contribution in [0.15, 0.2) is 18.2 Å². The maximum absolute atomic E-state index is 15.4. The van der Waals surface area contributed by atoms with Crippen molar-refractivity contribution in [2.45, 2.75) is 19.4 Å². The second-order valence-corrected chi connectivity index (χ2v) is 11.0. The molecule has 0 N–H and O–H groups in total. The van der Waals surface area contributed by atoms with Gasteiger partial charge in [-0.3, -0.25) is 9.59 Å². The molecule has 1 atom stereocenters. The van der Waals surface area contributed by atoms with Crippen molar-refractivity contribution >= 4 is 51.0 Å². The third-order valence-corrected chi connectivity index (χ3v) is 8.00. The van der Waals surface area contributed by atoms with Gasteiger partial charge in [0, 0.05) is 27.1 Å². The van der Waals surface area contributed by atoms with E-state index in [1.165, 1.54) is 39.3 Å². The number of carbonyl (C=O) groups excluding carboxylic acids is 2. The first-order chi connectivity index (χ1) is 17.7. The normalized spacial score (nSPS) is 14.9. The lowest BCUT2D eigenvalue weighted by Gasteiger charge is -2.34. The van der Waals surface area contributed by atoms with E-state index in [-0.39, 0.29) is 38.8 Å². The number of imidazole rings is 1. The quantitative estimate of drug-likeness (QED) is 0.344. The topological polar surface area (TPSA) is 117 Å². The molecule has 0 saturated heterocycles. The lowest BCUT2D eigenvalue weighted by Crippen LogP contribution is -2.43. The van der Waals surface area contributed by atoms with Crippen molar-refractivity contribution in [1.82, 2.24) is 29.4 Å². The Hall–Kier alpha value is -3.60. The van der Waals surface area contributed by atoms with E-state index in [0.717, 1.165) is 22.0 Å². The SMILES string of the molecule is Cc1nn2c3c(nc2s1)CCN(C(=O)COc1ccc(C#N)nc1Cl)C3c1sc(C(=O)N(C)C)cc1F. The van der Waals surface area contributed by atoms with Gasteiger partial charge >= 0.3 is 0 Å². The van der Waals surface area contributed by atoms with E-state index in [2.05, 4.69) is 15.1 Å². The number of halogens is 2. The van der Waals surface area contributed by atoms with Crippen molar-refractivity contribution in [2.75, 3.05) is 27.2 Å². The summed E-state index contributed by atoms with van der Waals surface area (Å²) in [6.07, 6.45) is 0.447. The Balaban J connectivity index is 1.53. The lowest BCUT2D eigenvalue weighted by atomic mass is 10.0. The van der Waals surface area contributed by atoms with Crippen molar-refractivity contribution in [1.29, 1.82) is 5.26 Å². The highest BCUT2D eigenvalue weighted by molar-refractivity contribution is 7.16. The van der Waals surface area contributed by atoms with Crippen LogP contribution in [0.1, 0.15) is 42.7 Å². The smallest absolute Gasteiger partial charge is 0.263 e. The first-order valence-corrected chi connectivity index (χ1v) is 13.0. The monoisotopic (exact) mass is 559 g/mol. The number of fused-ring (bicyclic) bond motifs is 3. The fourth-order valence-electron chi connectivity index (χ4n) is 4.11. The van der Waals surface area contributed by atoms with Gasteiger partial charge in [0.05, 0.1) is 21.1 Å². The fourth-order valence-corrected chi connectivity index (χ4v) is 6.26. The molecule has 1 aliphatic rings. The van der Waals surface area contributed by atoms with Crippen LogP contribution in [0, 0.1) is 24.1 Å². The number of nitrogens with zero attached hydrogens (tertiary/aromatic N) is 7. The number of aryl methyl sites for hydroxylation is 1. The summed E-state index contributed by atoms with van der Waals surface area (Å²) in [5.41, 5.74) is 1.43. The van der Waals surface area contributed by atoms with Gasteiger partial charge in [-0.1, -0.05) is 22.9 Å². The summed E-state index contributed by atoms with van der Waals surface area (Å²) >= 11 is 8.48. The molecule has 5 rings (SSSR count). The van der Waals surface area contributed by atoms with Crippen molar-refractivity contribution in [3.05, 3.63) is 61.0 Å². The Labute approximate surface area is 223 Å². The van der Waals surface area contributed by atoms with Gasteiger partial charge in [-0.05, 0) is 25.1 Å². The number of ether oxygens (including phenoxy) is 1. The maximum atomic E-state index is 15.4. The third-order valence-electron chi connectivity index (χ3n) is 5.75. The molecule has 0 aromatic carbocycles. The second-order valence-electron chi connectivity index (χ2n) is 8.41. The van der Waals surface area contributed by atoms with E-state index in [9.17, 15) is 9.59 Å². The van der Waals surface area contributed by atoms with Crippen LogP contribution in [0.3, 0.4) is 0 Å². The van der Waals surface area contributed by atoms with E-state index in [1.54, 1.807) is 18.6 Å². The molecule has 1 unspecified atom stereocenters. The summed E-state index contributed by atoms with van der Waals surface area (Å²) in [5.74, 6) is -1.20. The van der Waals surface area contributed by atoms with Crippen molar-refractivity contribution < 1.29 is 18.7 Å². The van der Waals surface area contributed by atoms with E-state index >= 15 is 4.39 Å². The average molecular weight is 560 g/mol. The number of aromatic nitrogens is 4. The summed E-state index contributed by atoms with van der Waals surface area (Å²) < 4.78 is 22.7. The molecule has 0 spiro atoms. The van der Waals surface area contributed by atoms with Gasteiger partial charge in [0.1, 0.15) is 28.6 Å². The van der Waals surface area contributed by atoms with Crippen LogP contribution in [-0.2, 0) is 11.2 Å². The molecule has 37 heavy (non-hydrogen) atoms. The molecule has 14 heteroatoms. The maximum Gasteiger partial charge on any atom is 0.263 e. The Kier molecular flexibility index (Phi) is 6.57. The number of hydrogen-bond acceptors (Lipinski definition) is 9. The molecule has 5 heterocycles. The molecular weight excluding hydrogens is 541 g/mol. The molecule has 4 aromatic heterocycles. The van der Waals surface area contributed by atoms with Crippen LogP contribution in [0.25, 0.3) is 4.96 Å². The highest BCUT2D eigenvalue weighted by Crippen LogP contribution is 2.41. The number of hydrogen-bond donors (Lipinski definition) is 0. The first kappa shape index (κ1) is 25.1. The van der Waals surface area contributed by atoms with Crippen LogP contribution in [0.2, 0.25) is 5.15 Å². The van der Waals surface area contributed by atoms with Crippen molar-refractivity contribution in [2.24, 2.45) is 0 Å². The largest absolute Gasteiger partial charge is 0.481 e. The van der Waals surface area contributed by atoms with Gasteiger partial charge in [-0.15, -0.1) is 11.3 Å². The molecule has 10 nitrogen and oxygen atoms in total. The zero-order chi connectivity index (χ0) is 26.4. The summed E-state index contributed by atoms with van der Waals surface area (Å²) in [5, 5.41) is 14.2. The first-order valence-electron chi connectivity index (χ1n) is 11.0. The van der Waals surface area contributed by atoms with Gasteiger partial charge < -0.3 is 14.5 Å². The molecule has 0 saturated carbocycles. The molecule has 0 bridgehead atoms. The van der Waals surface area contributed by atoms with Crippen LogP contribution in [-0.4, -0.2) is 68.4 Å². The summed E-state index contributed by atoms with van der Waals surface area (Å²) in [6, 6.07) is 5.11. The number of amides is 2. The Morgan fingerprint density at radius 3 is 2.81 bits per heavy atom. The van der Waals surface area contributed by atoms with Gasteiger partial charge in [-0.25, -0.2) is 18.9 Å². The number of nitriles is 1. The molecule has 0 radical (unpaired) electrons. The average Bonchev–Trinajstić information content (AvgIpc) is 3.53. The van der Waals surface area contributed by atoms with E-state index in [4.69, 9.17) is 21.6 Å². The van der Waals surface area contributed by atoms with Gasteiger partial charge in [-0.2, -0.15) is 10.4 Å². The molecule has 1 aliphatic heterocycles. The highest BCUT2D eigenvalue weighted by Gasteiger charge is 2.39. The zero-order valence-electron chi connectivity index (χ0n) is 19.9. The third kappa shape index (κ3) is 4.52. The summed E-state index contributed by atoms with van der Waals surface area (Å²) in [7, 11) is 3.18. The molecule has 0 aliphatic carbocycles. The van der Waals surface area contributed by atoms with Crippen LogP contribution >= 0.6 is 34.3 Å². The Morgan fingerprint density at radius 2 is 2.11 bits per heavy atom. The van der Waals surface area contributed by atoms with Crippen LogP contribution in [0.5, 0.6) is 5.75 Å². The fraction of sp³-hybridized carbons (Fsp3) is 0.304. The van der Waals surface area contributed by atoms with Gasteiger partial charge in [0.25, 0.3) is 11.8 Å². The minimum Gasteiger partial charge on any atom is -0.481 e. The number of pyridine rings is 1. The standard InChI is InChI=1S/C23H19ClFN7O3S2/c1-11-29-32-18-14(28-23(32)36-11)6-7-31(17(33)10-35-15-5-4-12(9-26)27-21(15)24)19(18)20-13(25)8-16(37-20)22(34)30(2)3/h4-5,8,19H,6-7,10H2,1-3H3. The van der Waals surface area contributed by atoms with E-state index < -0.39 is 24.4 Å². The van der Waals surface area contributed by atoms with Gasteiger partial charge in [0.2, 0.25) is 4.96 Å². The second kappa shape index (κ2) is 9.70. The van der Waals surface area contributed by atoms with E-state index in [0.29, 0.717) is 17.1 Å². The van der Waals surface area contributed by atoms with Crippen LogP contribution in [0.4, 0.5) is 4.39 Å². The number of carbonyl (C=O) groups is 2. The lowest BCUT2D eigenvalue weighted by molar-refractivity contribution is -0.135. The van der Waals surface area contributed by atoms with Gasteiger partial charge in [0.15, 0.2) is 17.5 Å². The number of thiophene rings is 1. The minimum absolute atomic E-state index is 0.0454. The Morgan fingerprint density at radius 1 is 1.32 bits per heavy atom. The van der Waals surface area contributed by atoms with Crippen molar-refractivity contribution in [3.8, 4) is 11.8 Å². The van der Waals surface area contributed by atoms with E-state index in [1.807, 2.05) is 13.0 Å². The summed E-state index contributed by atoms with van der Waals surface area (Å²) in [6.45, 7) is 1.71. The minimum atomic E-state index is -0.861. The molecule has 4 aromatic rings.